The molecule has 0 saturated heterocycles. The average molecular weight is 486 g/mol. The Hall–Kier alpha value is -3.91. The minimum atomic E-state index is -0.363. The molecule has 0 bridgehead atoms. The van der Waals surface area contributed by atoms with E-state index in [2.05, 4.69) is 40.7 Å². The van der Waals surface area contributed by atoms with Crippen molar-refractivity contribution in [3.63, 3.8) is 0 Å². The molecule has 186 valence electrons. The van der Waals surface area contributed by atoms with Gasteiger partial charge in [-0.3, -0.25) is 9.78 Å². The van der Waals surface area contributed by atoms with Gasteiger partial charge in [0, 0.05) is 37.6 Å². The molecule has 8 heteroatoms. The van der Waals surface area contributed by atoms with Gasteiger partial charge < -0.3 is 25.0 Å². The number of amides is 1. The van der Waals surface area contributed by atoms with Crippen LogP contribution in [0.1, 0.15) is 53.2 Å². The number of nitrogens with zero attached hydrogens (tertiary/aromatic N) is 3. The fourth-order valence-electron chi connectivity index (χ4n) is 4.87. The monoisotopic (exact) mass is 485 g/mol. The summed E-state index contributed by atoms with van der Waals surface area (Å²) in [7, 11) is 1.99. The van der Waals surface area contributed by atoms with Crippen LogP contribution in [0.15, 0.2) is 54.7 Å². The number of rotatable bonds is 8. The van der Waals surface area contributed by atoms with E-state index in [0.29, 0.717) is 17.4 Å². The Morgan fingerprint density at radius 1 is 1.11 bits per heavy atom. The lowest BCUT2D eigenvalue weighted by Gasteiger charge is -2.15. The van der Waals surface area contributed by atoms with Gasteiger partial charge in [0.05, 0.1) is 17.6 Å². The fraction of sp³-hybridized carbons (Fsp3) is 0.321. The maximum Gasteiger partial charge on any atom is 0.270 e. The Balaban J connectivity index is 1.35. The number of pyridine rings is 1. The summed E-state index contributed by atoms with van der Waals surface area (Å²) in [5.74, 6) is 2.15. The van der Waals surface area contributed by atoms with Gasteiger partial charge in [0.15, 0.2) is 0 Å². The molecule has 2 aromatic heterocycles. The number of fused-ring (bicyclic) bond motifs is 1. The number of hydrogen-bond donors (Lipinski definition) is 3. The highest BCUT2D eigenvalue weighted by Crippen LogP contribution is 2.37. The number of benzene rings is 2. The standard InChI is InChI=1S/C28H31N5O3/c1-18-7-8-20(15-23(18)19-5-3-4-6-19)31-28-32-24-16-21(9-10-26(24)33(28)2)36-22-11-12-29-25(17-22)27(35)30-13-14-34/h7-12,15-17,19,34H,3-6,13-14H2,1-2H3,(H,30,35)(H,31,32). The van der Waals surface area contributed by atoms with Crippen LogP contribution in [0.2, 0.25) is 0 Å². The van der Waals surface area contributed by atoms with Crippen LogP contribution >= 0.6 is 0 Å². The molecule has 0 spiro atoms. The van der Waals surface area contributed by atoms with Gasteiger partial charge in [0.25, 0.3) is 5.91 Å². The molecule has 0 atom stereocenters. The average Bonchev–Trinajstić information content (AvgIpc) is 3.52. The van der Waals surface area contributed by atoms with Gasteiger partial charge in [-0.25, -0.2) is 4.98 Å². The lowest BCUT2D eigenvalue weighted by molar-refractivity contribution is 0.0939. The first-order chi connectivity index (χ1) is 17.5. The van der Waals surface area contributed by atoms with Crippen molar-refractivity contribution in [1.82, 2.24) is 19.9 Å². The first-order valence-electron chi connectivity index (χ1n) is 12.4. The normalized spacial score (nSPS) is 13.8. The van der Waals surface area contributed by atoms with Crippen molar-refractivity contribution in [2.45, 2.75) is 38.5 Å². The number of aliphatic hydroxyl groups excluding tert-OH is 1. The number of aliphatic hydroxyl groups is 1. The van der Waals surface area contributed by atoms with Crippen LogP contribution < -0.4 is 15.4 Å². The third kappa shape index (κ3) is 5.04. The quantitative estimate of drug-likeness (QED) is 0.317. The van der Waals surface area contributed by atoms with Crippen LogP contribution in [-0.2, 0) is 7.05 Å². The van der Waals surface area contributed by atoms with E-state index in [0.717, 1.165) is 22.7 Å². The molecule has 2 heterocycles. The van der Waals surface area contributed by atoms with Crippen molar-refractivity contribution in [1.29, 1.82) is 0 Å². The number of ether oxygens (including phenoxy) is 1. The minimum Gasteiger partial charge on any atom is -0.457 e. The molecular weight excluding hydrogens is 454 g/mol. The van der Waals surface area contributed by atoms with Crippen molar-refractivity contribution < 1.29 is 14.6 Å². The number of carbonyl (C=O) groups excluding carboxylic acids is 1. The highest BCUT2D eigenvalue weighted by molar-refractivity contribution is 5.92. The van der Waals surface area contributed by atoms with E-state index in [1.165, 1.54) is 43.0 Å². The molecule has 3 N–H and O–H groups in total. The summed E-state index contributed by atoms with van der Waals surface area (Å²) in [6, 6.07) is 15.6. The van der Waals surface area contributed by atoms with E-state index >= 15 is 0 Å². The van der Waals surface area contributed by atoms with Crippen LogP contribution in [-0.4, -0.2) is 38.7 Å². The Morgan fingerprint density at radius 2 is 1.92 bits per heavy atom. The third-order valence-electron chi connectivity index (χ3n) is 6.78. The zero-order chi connectivity index (χ0) is 25.1. The van der Waals surface area contributed by atoms with Gasteiger partial charge in [-0.1, -0.05) is 18.9 Å². The van der Waals surface area contributed by atoms with Gasteiger partial charge in [-0.15, -0.1) is 0 Å². The second kappa shape index (κ2) is 10.4. The summed E-state index contributed by atoms with van der Waals surface area (Å²) < 4.78 is 8.03. The minimum absolute atomic E-state index is 0.130. The number of imidazole rings is 1. The molecule has 0 radical (unpaired) electrons. The molecule has 0 unspecified atom stereocenters. The van der Waals surface area contributed by atoms with E-state index in [9.17, 15) is 4.79 Å². The van der Waals surface area contributed by atoms with Gasteiger partial charge in [0.2, 0.25) is 5.95 Å². The maximum atomic E-state index is 12.1. The fourth-order valence-corrected chi connectivity index (χ4v) is 4.87. The molecule has 8 nitrogen and oxygen atoms in total. The maximum absolute atomic E-state index is 12.1. The van der Waals surface area contributed by atoms with Crippen LogP contribution in [0.5, 0.6) is 11.5 Å². The summed E-state index contributed by atoms with van der Waals surface area (Å²) >= 11 is 0. The first-order valence-corrected chi connectivity index (χ1v) is 12.4. The molecule has 1 amide bonds. The lowest BCUT2D eigenvalue weighted by atomic mass is 9.93. The van der Waals surface area contributed by atoms with E-state index in [4.69, 9.17) is 14.8 Å². The molecule has 1 aliphatic carbocycles. The topological polar surface area (TPSA) is 101 Å². The van der Waals surface area contributed by atoms with E-state index in [-0.39, 0.29) is 24.8 Å². The molecule has 1 aliphatic rings. The highest BCUT2D eigenvalue weighted by atomic mass is 16.5. The Labute approximate surface area is 210 Å². The number of aryl methyl sites for hydroxylation is 2. The SMILES string of the molecule is Cc1ccc(Nc2nc3cc(Oc4ccnc(C(=O)NCCO)c4)ccc3n2C)cc1C1CCCC1. The van der Waals surface area contributed by atoms with Crippen LogP contribution in [0, 0.1) is 6.92 Å². The van der Waals surface area contributed by atoms with Crippen LogP contribution in [0.3, 0.4) is 0 Å². The Kier molecular flexibility index (Phi) is 6.86. The van der Waals surface area contributed by atoms with Gasteiger partial charge in [-0.05, 0) is 67.1 Å². The third-order valence-corrected chi connectivity index (χ3v) is 6.78. The zero-order valence-corrected chi connectivity index (χ0v) is 20.6. The summed E-state index contributed by atoms with van der Waals surface area (Å²) in [5, 5.41) is 15.0. The van der Waals surface area contributed by atoms with E-state index in [1.807, 2.05) is 29.8 Å². The van der Waals surface area contributed by atoms with E-state index in [1.54, 1.807) is 12.1 Å². The second-order valence-corrected chi connectivity index (χ2v) is 9.28. The molecule has 1 saturated carbocycles. The molecule has 4 aromatic rings. The molecule has 0 aliphatic heterocycles. The van der Waals surface area contributed by atoms with Gasteiger partial charge in [0.1, 0.15) is 17.2 Å². The summed E-state index contributed by atoms with van der Waals surface area (Å²) in [5.41, 5.74) is 5.84. The molecule has 1 fully saturated rings. The number of aromatic nitrogens is 3. The largest absolute Gasteiger partial charge is 0.457 e. The summed E-state index contributed by atoms with van der Waals surface area (Å²) in [6.07, 6.45) is 6.69. The number of nitrogens with one attached hydrogen (secondary N) is 2. The van der Waals surface area contributed by atoms with Crippen molar-refractivity contribution >= 4 is 28.6 Å². The number of carbonyl (C=O) groups is 1. The van der Waals surface area contributed by atoms with Crippen LogP contribution in [0.25, 0.3) is 11.0 Å². The molecule has 2 aromatic carbocycles. The highest BCUT2D eigenvalue weighted by Gasteiger charge is 2.19. The van der Waals surface area contributed by atoms with Crippen molar-refractivity contribution in [2.75, 3.05) is 18.5 Å². The molecular formula is C28H31N5O3. The molecule has 36 heavy (non-hydrogen) atoms. The predicted molar refractivity (Wildman–Crippen MR) is 140 cm³/mol. The number of anilines is 2. The predicted octanol–water partition coefficient (Wildman–Crippen LogP) is 5.19. The van der Waals surface area contributed by atoms with Crippen LogP contribution in [0.4, 0.5) is 11.6 Å². The smallest absolute Gasteiger partial charge is 0.270 e. The van der Waals surface area contributed by atoms with Gasteiger partial charge >= 0.3 is 0 Å². The summed E-state index contributed by atoms with van der Waals surface area (Å²) in [6.45, 7) is 2.23. The first kappa shape index (κ1) is 23.8. The number of hydrogen-bond acceptors (Lipinski definition) is 6. The zero-order valence-electron chi connectivity index (χ0n) is 20.6. The Bertz CT molecular complexity index is 1390. The lowest BCUT2D eigenvalue weighted by Crippen LogP contribution is -2.27. The van der Waals surface area contributed by atoms with Gasteiger partial charge in [-0.2, -0.15) is 0 Å². The van der Waals surface area contributed by atoms with Crippen molar-refractivity contribution in [2.24, 2.45) is 7.05 Å². The van der Waals surface area contributed by atoms with Crippen molar-refractivity contribution in [3.05, 3.63) is 71.5 Å². The molecule has 5 rings (SSSR count). The Morgan fingerprint density at radius 3 is 2.72 bits per heavy atom. The van der Waals surface area contributed by atoms with Crippen molar-refractivity contribution in [3.8, 4) is 11.5 Å². The second-order valence-electron chi connectivity index (χ2n) is 9.28. The summed E-state index contributed by atoms with van der Waals surface area (Å²) in [4.78, 5) is 21.0. The van der Waals surface area contributed by atoms with E-state index < -0.39 is 0 Å².